The van der Waals surface area contributed by atoms with E-state index in [9.17, 15) is 4.79 Å². The van der Waals surface area contributed by atoms with Crippen molar-refractivity contribution in [2.75, 3.05) is 45.9 Å². The number of hydrogen-bond donors (Lipinski definition) is 1. The van der Waals surface area contributed by atoms with E-state index in [0.29, 0.717) is 25.8 Å². The van der Waals surface area contributed by atoms with Crippen molar-refractivity contribution in [3.63, 3.8) is 0 Å². The number of likely N-dealkylation sites (tertiary alicyclic amines) is 1. The standard InChI is InChI=1S/C18H35N3O3/c1-15(19-7-10-20-8-5-6-9-20)13-16-14-23-12-11-21(16)17(22)24-18(2,3)4/h15-16,19H,5-14H2,1-4H3. The summed E-state index contributed by atoms with van der Waals surface area (Å²) in [5, 5.41) is 3.59. The van der Waals surface area contributed by atoms with Crippen LogP contribution in [0.3, 0.4) is 0 Å². The number of ether oxygens (including phenoxy) is 2. The Morgan fingerprint density at radius 3 is 2.67 bits per heavy atom. The molecule has 0 saturated carbocycles. The molecule has 24 heavy (non-hydrogen) atoms. The zero-order valence-electron chi connectivity index (χ0n) is 15.8. The number of carbonyl (C=O) groups excluding carboxylic acids is 1. The average molecular weight is 341 g/mol. The summed E-state index contributed by atoms with van der Waals surface area (Å²) in [6.45, 7) is 14.3. The second kappa shape index (κ2) is 9.02. The van der Waals surface area contributed by atoms with Crippen LogP contribution in [-0.2, 0) is 9.47 Å². The van der Waals surface area contributed by atoms with Crippen LogP contribution in [-0.4, -0.2) is 79.5 Å². The molecule has 6 nitrogen and oxygen atoms in total. The summed E-state index contributed by atoms with van der Waals surface area (Å²) >= 11 is 0. The smallest absolute Gasteiger partial charge is 0.410 e. The first kappa shape index (κ1) is 19.5. The third-order valence-electron chi connectivity index (χ3n) is 4.60. The van der Waals surface area contributed by atoms with E-state index < -0.39 is 5.60 Å². The number of morpholine rings is 1. The Kier molecular flexibility index (Phi) is 7.32. The quantitative estimate of drug-likeness (QED) is 0.802. The Morgan fingerprint density at radius 2 is 2.00 bits per heavy atom. The minimum absolute atomic E-state index is 0.0860. The molecule has 140 valence electrons. The van der Waals surface area contributed by atoms with Crippen LogP contribution in [0, 0.1) is 0 Å². The lowest BCUT2D eigenvalue weighted by Crippen LogP contribution is -2.52. The topological polar surface area (TPSA) is 54.0 Å². The molecule has 1 N–H and O–H groups in total. The first-order valence-corrected chi connectivity index (χ1v) is 9.38. The molecule has 0 aromatic heterocycles. The van der Waals surface area contributed by atoms with Crippen molar-refractivity contribution in [3.05, 3.63) is 0 Å². The number of carbonyl (C=O) groups is 1. The van der Waals surface area contributed by atoms with Crippen LogP contribution in [0.15, 0.2) is 0 Å². The van der Waals surface area contributed by atoms with Crippen LogP contribution < -0.4 is 5.32 Å². The van der Waals surface area contributed by atoms with Gasteiger partial charge in [0.1, 0.15) is 5.60 Å². The number of amides is 1. The van der Waals surface area contributed by atoms with Crippen molar-refractivity contribution in [1.82, 2.24) is 15.1 Å². The van der Waals surface area contributed by atoms with Crippen LogP contribution in [0.25, 0.3) is 0 Å². The summed E-state index contributed by atoms with van der Waals surface area (Å²) in [4.78, 5) is 16.8. The lowest BCUT2D eigenvalue weighted by Gasteiger charge is -2.37. The highest BCUT2D eigenvalue weighted by Crippen LogP contribution is 2.17. The molecule has 2 rings (SSSR count). The van der Waals surface area contributed by atoms with Gasteiger partial charge in [0, 0.05) is 25.7 Å². The number of rotatable bonds is 6. The molecule has 0 aromatic rings. The molecular formula is C18H35N3O3. The number of hydrogen-bond acceptors (Lipinski definition) is 5. The summed E-state index contributed by atoms with van der Waals surface area (Å²) in [5.74, 6) is 0. The summed E-state index contributed by atoms with van der Waals surface area (Å²) in [6, 6.07) is 0.437. The fourth-order valence-electron chi connectivity index (χ4n) is 3.38. The second-order valence-corrected chi connectivity index (χ2v) is 8.04. The van der Waals surface area contributed by atoms with Crippen molar-refractivity contribution < 1.29 is 14.3 Å². The van der Waals surface area contributed by atoms with E-state index in [1.807, 2.05) is 25.7 Å². The van der Waals surface area contributed by atoms with Gasteiger partial charge in [0.15, 0.2) is 0 Å². The molecule has 2 atom stereocenters. The van der Waals surface area contributed by atoms with Gasteiger partial charge in [-0.25, -0.2) is 4.79 Å². The molecule has 0 aliphatic carbocycles. The largest absolute Gasteiger partial charge is 0.444 e. The number of nitrogens with one attached hydrogen (secondary N) is 1. The van der Waals surface area contributed by atoms with E-state index >= 15 is 0 Å². The summed E-state index contributed by atoms with van der Waals surface area (Å²) < 4.78 is 11.1. The Bertz CT molecular complexity index is 391. The molecule has 2 unspecified atom stereocenters. The Morgan fingerprint density at radius 1 is 1.29 bits per heavy atom. The Labute approximate surface area is 146 Å². The van der Waals surface area contributed by atoms with Crippen LogP contribution in [0.1, 0.15) is 47.0 Å². The predicted octanol–water partition coefficient (Wildman–Crippen LogP) is 2.09. The van der Waals surface area contributed by atoms with Crippen molar-refractivity contribution in [3.8, 4) is 0 Å². The lowest BCUT2D eigenvalue weighted by molar-refractivity contribution is -0.0355. The molecule has 2 heterocycles. The molecular weight excluding hydrogens is 306 g/mol. The monoisotopic (exact) mass is 341 g/mol. The molecule has 2 saturated heterocycles. The molecule has 1 amide bonds. The third-order valence-corrected chi connectivity index (χ3v) is 4.60. The first-order chi connectivity index (χ1) is 11.3. The second-order valence-electron chi connectivity index (χ2n) is 8.04. The summed E-state index contributed by atoms with van der Waals surface area (Å²) in [6.07, 6.45) is 3.33. The molecule has 2 aliphatic heterocycles. The van der Waals surface area contributed by atoms with Crippen molar-refractivity contribution >= 4 is 6.09 Å². The molecule has 0 radical (unpaired) electrons. The van der Waals surface area contributed by atoms with Gasteiger partial charge in [-0.2, -0.15) is 0 Å². The highest BCUT2D eigenvalue weighted by molar-refractivity contribution is 5.68. The van der Waals surface area contributed by atoms with E-state index in [1.54, 1.807) is 0 Å². The van der Waals surface area contributed by atoms with Gasteiger partial charge in [0.2, 0.25) is 0 Å². The van der Waals surface area contributed by atoms with Crippen LogP contribution >= 0.6 is 0 Å². The maximum absolute atomic E-state index is 12.4. The Hall–Kier alpha value is -0.850. The molecule has 0 aromatic carbocycles. The highest BCUT2D eigenvalue weighted by Gasteiger charge is 2.31. The first-order valence-electron chi connectivity index (χ1n) is 9.38. The Balaban J connectivity index is 1.75. The van der Waals surface area contributed by atoms with Gasteiger partial charge in [-0.3, -0.25) is 0 Å². The molecule has 0 spiro atoms. The third kappa shape index (κ3) is 6.57. The van der Waals surface area contributed by atoms with Gasteiger partial charge >= 0.3 is 6.09 Å². The molecule has 2 aliphatic rings. The summed E-state index contributed by atoms with van der Waals surface area (Å²) in [7, 11) is 0. The SMILES string of the molecule is CC(CC1COCCN1C(=O)OC(C)(C)C)NCCN1CCCC1. The van der Waals surface area contributed by atoms with Gasteiger partial charge in [-0.1, -0.05) is 0 Å². The van der Waals surface area contributed by atoms with Gasteiger partial charge in [0.05, 0.1) is 19.3 Å². The summed E-state index contributed by atoms with van der Waals surface area (Å²) in [5.41, 5.74) is -0.459. The number of nitrogens with zero attached hydrogens (tertiary/aromatic N) is 2. The van der Waals surface area contributed by atoms with Crippen molar-refractivity contribution in [1.29, 1.82) is 0 Å². The normalized spacial score (nSPS) is 24.2. The van der Waals surface area contributed by atoms with E-state index in [4.69, 9.17) is 9.47 Å². The average Bonchev–Trinajstić information content (AvgIpc) is 2.99. The van der Waals surface area contributed by atoms with E-state index in [-0.39, 0.29) is 12.1 Å². The minimum Gasteiger partial charge on any atom is -0.444 e. The van der Waals surface area contributed by atoms with E-state index in [2.05, 4.69) is 17.1 Å². The van der Waals surface area contributed by atoms with E-state index in [1.165, 1.54) is 25.9 Å². The van der Waals surface area contributed by atoms with E-state index in [0.717, 1.165) is 19.5 Å². The fourth-order valence-corrected chi connectivity index (χ4v) is 3.38. The molecule has 2 fully saturated rings. The van der Waals surface area contributed by atoms with Gasteiger partial charge in [0.25, 0.3) is 0 Å². The van der Waals surface area contributed by atoms with Crippen molar-refractivity contribution in [2.24, 2.45) is 0 Å². The predicted molar refractivity (Wildman–Crippen MR) is 95.3 cm³/mol. The van der Waals surface area contributed by atoms with Crippen LogP contribution in [0.2, 0.25) is 0 Å². The molecule has 0 bridgehead atoms. The van der Waals surface area contributed by atoms with Gasteiger partial charge < -0.3 is 24.6 Å². The van der Waals surface area contributed by atoms with Gasteiger partial charge in [-0.15, -0.1) is 0 Å². The fraction of sp³-hybridized carbons (Fsp3) is 0.944. The maximum atomic E-state index is 12.4. The maximum Gasteiger partial charge on any atom is 0.410 e. The van der Waals surface area contributed by atoms with Crippen LogP contribution in [0.5, 0.6) is 0 Å². The highest BCUT2D eigenvalue weighted by atomic mass is 16.6. The molecule has 6 heteroatoms. The zero-order valence-corrected chi connectivity index (χ0v) is 15.8. The van der Waals surface area contributed by atoms with Crippen molar-refractivity contribution in [2.45, 2.75) is 64.6 Å². The zero-order chi connectivity index (χ0) is 17.6. The lowest BCUT2D eigenvalue weighted by atomic mass is 10.1. The van der Waals surface area contributed by atoms with Crippen LogP contribution in [0.4, 0.5) is 4.79 Å². The minimum atomic E-state index is -0.459. The van der Waals surface area contributed by atoms with Gasteiger partial charge in [-0.05, 0) is 60.0 Å².